The number of anilines is 1. The zero-order valence-corrected chi connectivity index (χ0v) is 16.5. The highest BCUT2D eigenvalue weighted by molar-refractivity contribution is 5.99. The summed E-state index contributed by atoms with van der Waals surface area (Å²) in [6.07, 6.45) is 0.632. The summed E-state index contributed by atoms with van der Waals surface area (Å²) in [6.45, 7) is 8.65. The molecule has 2 atom stereocenters. The highest BCUT2D eigenvalue weighted by Crippen LogP contribution is 2.41. The van der Waals surface area contributed by atoms with E-state index in [0.29, 0.717) is 13.0 Å². The highest BCUT2D eigenvalue weighted by atomic mass is 16.2. The first-order chi connectivity index (χ1) is 12.8. The zero-order valence-electron chi connectivity index (χ0n) is 16.5. The summed E-state index contributed by atoms with van der Waals surface area (Å²) >= 11 is 0. The number of nitrogens with one attached hydrogen (secondary N) is 1. The van der Waals surface area contributed by atoms with Gasteiger partial charge in [-0.1, -0.05) is 36.4 Å². The van der Waals surface area contributed by atoms with Crippen molar-refractivity contribution in [1.29, 1.82) is 0 Å². The van der Waals surface area contributed by atoms with E-state index in [9.17, 15) is 9.59 Å². The Morgan fingerprint density at radius 2 is 1.67 bits per heavy atom. The van der Waals surface area contributed by atoms with Crippen LogP contribution in [0.3, 0.4) is 0 Å². The van der Waals surface area contributed by atoms with Crippen LogP contribution in [0.25, 0.3) is 0 Å². The van der Waals surface area contributed by atoms with E-state index in [0.717, 1.165) is 22.4 Å². The van der Waals surface area contributed by atoms with Crippen molar-refractivity contribution in [1.82, 2.24) is 4.90 Å². The average Bonchev–Trinajstić information content (AvgIpc) is 3.40. The van der Waals surface area contributed by atoms with Crippen LogP contribution in [0.4, 0.5) is 5.69 Å². The van der Waals surface area contributed by atoms with Crippen LogP contribution in [0.15, 0.2) is 48.5 Å². The van der Waals surface area contributed by atoms with Crippen molar-refractivity contribution in [3.05, 3.63) is 65.2 Å². The molecule has 1 aliphatic carbocycles. The molecular formula is C23H28N2O2. The monoisotopic (exact) mass is 364 g/mol. The number of rotatable bonds is 6. The molecule has 0 radical (unpaired) electrons. The maximum Gasteiger partial charge on any atom is 0.228 e. The van der Waals surface area contributed by atoms with Gasteiger partial charge >= 0.3 is 0 Å². The standard InChI is InChI=1S/C23H28N2O2/c1-15(2)25(14-18-8-6-5-7-9-18)23(27)21-13-20(21)22(26)24-19-11-16(3)10-17(4)12-19/h5-12,15,20-21H,13-14H2,1-4H3,(H,24,26). The number of benzene rings is 2. The summed E-state index contributed by atoms with van der Waals surface area (Å²) in [5.74, 6) is -0.409. The molecule has 4 nitrogen and oxygen atoms in total. The first kappa shape index (κ1) is 19.2. The van der Waals surface area contributed by atoms with Crippen molar-refractivity contribution < 1.29 is 9.59 Å². The molecule has 2 aromatic rings. The number of amides is 2. The molecule has 4 heteroatoms. The van der Waals surface area contributed by atoms with E-state index >= 15 is 0 Å². The Labute approximate surface area is 161 Å². The van der Waals surface area contributed by atoms with Crippen LogP contribution in [0.2, 0.25) is 0 Å². The van der Waals surface area contributed by atoms with Crippen LogP contribution in [0.5, 0.6) is 0 Å². The molecule has 1 fully saturated rings. The third kappa shape index (κ3) is 4.76. The van der Waals surface area contributed by atoms with Crippen LogP contribution in [-0.4, -0.2) is 22.8 Å². The minimum atomic E-state index is -0.227. The van der Waals surface area contributed by atoms with E-state index < -0.39 is 0 Å². The topological polar surface area (TPSA) is 49.4 Å². The van der Waals surface area contributed by atoms with Crippen LogP contribution >= 0.6 is 0 Å². The van der Waals surface area contributed by atoms with Crippen molar-refractivity contribution in [3.63, 3.8) is 0 Å². The molecule has 27 heavy (non-hydrogen) atoms. The molecule has 142 valence electrons. The molecule has 1 aliphatic rings. The normalized spacial score (nSPS) is 18.3. The first-order valence-corrected chi connectivity index (χ1v) is 9.58. The van der Waals surface area contributed by atoms with E-state index in [4.69, 9.17) is 0 Å². The lowest BCUT2D eigenvalue weighted by Gasteiger charge is -2.27. The summed E-state index contributed by atoms with van der Waals surface area (Å²) in [5, 5.41) is 2.98. The van der Waals surface area contributed by atoms with E-state index in [-0.39, 0.29) is 29.7 Å². The fourth-order valence-electron chi connectivity index (χ4n) is 3.55. The van der Waals surface area contributed by atoms with Gasteiger partial charge in [-0.15, -0.1) is 0 Å². The molecule has 0 aliphatic heterocycles. The molecule has 0 heterocycles. The Kier molecular flexibility index (Phi) is 5.64. The Morgan fingerprint density at radius 1 is 1.04 bits per heavy atom. The van der Waals surface area contributed by atoms with Gasteiger partial charge in [0, 0.05) is 18.3 Å². The Balaban J connectivity index is 1.63. The molecule has 1 saturated carbocycles. The third-order valence-corrected chi connectivity index (χ3v) is 5.04. The number of carbonyl (C=O) groups is 2. The zero-order chi connectivity index (χ0) is 19.6. The van der Waals surface area contributed by atoms with Gasteiger partial charge in [-0.05, 0) is 62.9 Å². The maximum atomic E-state index is 13.0. The van der Waals surface area contributed by atoms with Gasteiger partial charge in [-0.3, -0.25) is 9.59 Å². The van der Waals surface area contributed by atoms with E-state index in [1.54, 1.807) is 0 Å². The smallest absolute Gasteiger partial charge is 0.228 e. The van der Waals surface area contributed by atoms with Gasteiger partial charge in [0.1, 0.15) is 0 Å². The third-order valence-electron chi connectivity index (χ3n) is 5.04. The van der Waals surface area contributed by atoms with E-state index in [2.05, 4.69) is 11.4 Å². The van der Waals surface area contributed by atoms with Crippen molar-refractivity contribution in [2.45, 2.75) is 46.7 Å². The van der Waals surface area contributed by atoms with Crippen LogP contribution in [0, 0.1) is 25.7 Å². The van der Waals surface area contributed by atoms with E-state index in [1.807, 2.05) is 75.1 Å². The van der Waals surface area contributed by atoms with Crippen molar-refractivity contribution in [3.8, 4) is 0 Å². The summed E-state index contributed by atoms with van der Waals surface area (Å²) in [4.78, 5) is 27.4. The number of carbonyl (C=O) groups excluding carboxylic acids is 2. The lowest BCUT2D eigenvalue weighted by Crippen LogP contribution is -2.38. The second-order valence-corrected chi connectivity index (χ2v) is 7.86. The molecule has 2 unspecified atom stereocenters. The number of hydrogen-bond donors (Lipinski definition) is 1. The predicted molar refractivity (Wildman–Crippen MR) is 108 cm³/mol. The molecule has 0 aromatic heterocycles. The summed E-state index contributed by atoms with van der Waals surface area (Å²) < 4.78 is 0. The van der Waals surface area contributed by atoms with E-state index in [1.165, 1.54) is 0 Å². The molecule has 3 rings (SSSR count). The summed E-state index contributed by atoms with van der Waals surface area (Å²) in [6, 6.07) is 16.1. The lowest BCUT2D eigenvalue weighted by atomic mass is 10.1. The van der Waals surface area contributed by atoms with Crippen molar-refractivity contribution >= 4 is 17.5 Å². The fourth-order valence-corrected chi connectivity index (χ4v) is 3.55. The number of nitrogens with zero attached hydrogens (tertiary/aromatic N) is 1. The second-order valence-electron chi connectivity index (χ2n) is 7.86. The largest absolute Gasteiger partial charge is 0.336 e. The predicted octanol–water partition coefficient (Wildman–Crippen LogP) is 4.32. The Morgan fingerprint density at radius 3 is 2.26 bits per heavy atom. The fraction of sp³-hybridized carbons (Fsp3) is 0.391. The molecular weight excluding hydrogens is 336 g/mol. The van der Waals surface area contributed by atoms with Gasteiger partial charge in [0.15, 0.2) is 0 Å². The number of hydrogen-bond acceptors (Lipinski definition) is 2. The van der Waals surface area contributed by atoms with Gasteiger partial charge in [0.2, 0.25) is 11.8 Å². The van der Waals surface area contributed by atoms with Gasteiger partial charge in [0.05, 0.1) is 11.8 Å². The SMILES string of the molecule is Cc1cc(C)cc(NC(=O)C2CC2C(=O)N(Cc2ccccc2)C(C)C)c1. The van der Waals surface area contributed by atoms with Crippen LogP contribution < -0.4 is 5.32 Å². The van der Waals surface area contributed by atoms with Crippen molar-refractivity contribution in [2.75, 3.05) is 5.32 Å². The van der Waals surface area contributed by atoms with Gasteiger partial charge in [-0.2, -0.15) is 0 Å². The Bertz CT molecular complexity index is 809. The van der Waals surface area contributed by atoms with Gasteiger partial charge in [0.25, 0.3) is 0 Å². The van der Waals surface area contributed by atoms with Crippen molar-refractivity contribution in [2.24, 2.45) is 11.8 Å². The minimum Gasteiger partial charge on any atom is -0.336 e. The second kappa shape index (κ2) is 7.95. The van der Waals surface area contributed by atoms with Crippen LogP contribution in [-0.2, 0) is 16.1 Å². The van der Waals surface area contributed by atoms with Gasteiger partial charge in [-0.25, -0.2) is 0 Å². The summed E-state index contributed by atoms with van der Waals surface area (Å²) in [5.41, 5.74) is 4.14. The molecule has 0 bridgehead atoms. The first-order valence-electron chi connectivity index (χ1n) is 9.58. The van der Waals surface area contributed by atoms with Crippen LogP contribution in [0.1, 0.15) is 37.0 Å². The average molecular weight is 364 g/mol. The quantitative estimate of drug-likeness (QED) is 0.830. The maximum absolute atomic E-state index is 13.0. The molecule has 1 N–H and O–H groups in total. The van der Waals surface area contributed by atoms with Gasteiger partial charge < -0.3 is 10.2 Å². The summed E-state index contributed by atoms with van der Waals surface area (Å²) in [7, 11) is 0. The Hall–Kier alpha value is -2.62. The molecule has 0 spiro atoms. The lowest BCUT2D eigenvalue weighted by molar-refractivity contribution is -0.136. The minimum absolute atomic E-state index is 0.0539. The molecule has 2 amide bonds. The molecule has 0 saturated heterocycles. The number of aryl methyl sites for hydroxylation is 2. The highest BCUT2D eigenvalue weighted by Gasteiger charge is 2.49. The molecule has 2 aromatic carbocycles.